The highest BCUT2D eigenvalue weighted by molar-refractivity contribution is 5.62. The Morgan fingerprint density at radius 1 is 0.719 bits per heavy atom. The van der Waals surface area contributed by atoms with Crippen LogP contribution >= 0.6 is 0 Å². The quantitative estimate of drug-likeness (QED) is 0.312. The van der Waals surface area contributed by atoms with Gasteiger partial charge in [-0.25, -0.2) is 0 Å². The molecule has 1 heterocycles. The number of nitrogens with one attached hydrogen (secondary N) is 3. The van der Waals surface area contributed by atoms with Gasteiger partial charge < -0.3 is 16.0 Å². The minimum absolute atomic E-state index is 0.155. The normalized spacial score (nSPS) is 17.8. The summed E-state index contributed by atoms with van der Waals surface area (Å²) >= 11 is 0. The Bertz CT molecular complexity index is 789. The number of hydrogen-bond acceptors (Lipinski definition) is 3. The summed E-state index contributed by atoms with van der Waals surface area (Å²) in [6.45, 7) is 11.5. The van der Waals surface area contributed by atoms with Crippen LogP contribution in [0, 0.1) is 0 Å². The van der Waals surface area contributed by atoms with Crippen LogP contribution in [-0.2, 0) is 6.42 Å². The Labute approximate surface area is 196 Å². The van der Waals surface area contributed by atoms with Crippen LogP contribution in [0.3, 0.4) is 0 Å². The lowest BCUT2D eigenvalue weighted by molar-refractivity contribution is 0.170. The van der Waals surface area contributed by atoms with Gasteiger partial charge in [0.1, 0.15) is 0 Å². The number of benzene rings is 2. The monoisotopic (exact) mass is 435 g/mol. The van der Waals surface area contributed by atoms with E-state index in [-0.39, 0.29) is 11.1 Å². The molecule has 2 aromatic carbocycles. The number of hydrogen-bond donors (Lipinski definition) is 3. The van der Waals surface area contributed by atoms with Crippen molar-refractivity contribution in [2.45, 2.75) is 110 Å². The molecule has 0 unspecified atom stereocenters. The Morgan fingerprint density at radius 3 is 1.81 bits per heavy atom. The van der Waals surface area contributed by atoms with Crippen molar-refractivity contribution in [2.75, 3.05) is 10.6 Å². The van der Waals surface area contributed by atoms with Gasteiger partial charge in [-0.1, -0.05) is 51.2 Å². The van der Waals surface area contributed by atoms with E-state index in [4.69, 9.17) is 0 Å². The van der Waals surface area contributed by atoms with E-state index >= 15 is 0 Å². The smallest absolute Gasteiger partial charge is 0.0385 e. The fourth-order valence-electron chi connectivity index (χ4n) is 5.34. The maximum Gasteiger partial charge on any atom is 0.0385 e. The predicted octanol–water partition coefficient (Wildman–Crippen LogP) is 8.05. The van der Waals surface area contributed by atoms with Gasteiger partial charge in [-0.2, -0.15) is 0 Å². The molecule has 0 bridgehead atoms. The van der Waals surface area contributed by atoms with Crippen molar-refractivity contribution in [2.24, 2.45) is 0 Å². The topological polar surface area (TPSA) is 36.1 Å². The van der Waals surface area contributed by atoms with Crippen molar-refractivity contribution in [1.82, 2.24) is 5.32 Å². The second-order valence-electron chi connectivity index (χ2n) is 11.1. The lowest BCUT2D eigenvalue weighted by Crippen LogP contribution is -2.60. The highest BCUT2D eigenvalue weighted by Gasteiger charge is 2.37. The van der Waals surface area contributed by atoms with Gasteiger partial charge in [0.05, 0.1) is 0 Å². The fraction of sp³-hybridized carbons (Fsp3) is 0.586. The third-order valence-electron chi connectivity index (χ3n) is 6.51. The van der Waals surface area contributed by atoms with E-state index in [2.05, 4.69) is 99.1 Å². The standard InChI is InChI=1S/C29H45N3/c1-6-7-8-9-10-11-12-23-13-15-24(16-14-23)30-25-17-19-26(20-18-25)31-27-21-28(2,3)32-29(4,5)22-27/h13-20,27,30-32H,6-12,21-22H2,1-5H3. The molecule has 1 saturated heterocycles. The highest BCUT2D eigenvalue weighted by Crippen LogP contribution is 2.31. The second kappa shape index (κ2) is 11.2. The summed E-state index contributed by atoms with van der Waals surface area (Å²) in [4.78, 5) is 0. The molecule has 0 amide bonds. The molecule has 3 N–H and O–H groups in total. The van der Waals surface area contributed by atoms with Crippen LogP contribution < -0.4 is 16.0 Å². The molecular formula is C29H45N3. The third kappa shape index (κ3) is 8.16. The molecule has 0 atom stereocenters. The molecule has 1 fully saturated rings. The third-order valence-corrected chi connectivity index (χ3v) is 6.51. The number of unbranched alkanes of at least 4 members (excludes halogenated alkanes) is 5. The maximum atomic E-state index is 3.76. The number of aryl methyl sites for hydroxylation is 1. The number of rotatable bonds is 11. The van der Waals surface area contributed by atoms with Crippen molar-refractivity contribution in [3.8, 4) is 0 Å². The molecule has 3 heteroatoms. The van der Waals surface area contributed by atoms with Crippen LogP contribution in [0.4, 0.5) is 17.1 Å². The molecule has 0 radical (unpaired) electrons. The Balaban J connectivity index is 1.46. The zero-order chi connectivity index (χ0) is 23.0. The van der Waals surface area contributed by atoms with Crippen molar-refractivity contribution >= 4 is 17.1 Å². The van der Waals surface area contributed by atoms with Gasteiger partial charge in [-0.15, -0.1) is 0 Å². The first-order valence-corrected chi connectivity index (χ1v) is 12.8. The van der Waals surface area contributed by atoms with Gasteiger partial charge in [-0.05, 0) is 95.3 Å². The molecule has 0 aliphatic carbocycles. The SMILES string of the molecule is CCCCCCCCc1ccc(Nc2ccc(NC3CC(C)(C)NC(C)(C)C3)cc2)cc1. The lowest BCUT2D eigenvalue weighted by Gasteiger charge is -2.47. The Hall–Kier alpha value is -2.00. The van der Waals surface area contributed by atoms with E-state index < -0.39 is 0 Å². The first-order valence-electron chi connectivity index (χ1n) is 12.8. The van der Waals surface area contributed by atoms with E-state index in [1.54, 1.807) is 0 Å². The predicted molar refractivity (Wildman–Crippen MR) is 141 cm³/mol. The zero-order valence-electron chi connectivity index (χ0n) is 21.1. The fourth-order valence-corrected chi connectivity index (χ4v) is 5.34. The molecule has 1 aliphatic heterocycles. The molecule has 0 saturated carbocycles. The minimum Gasteiger partial charge on any atom is -0.382 e. The highest BCUT2D eigenvalue weighted by atomic mass is 15.1. The summed E-state index contributed by atoms with van der Waals surface area (Å²) in [6.07, 6.45) is 11.6. The second-order valence-corrected chi connectivity index (χ2v) is 11.1. The molecule has 3 rings (SSSR count). The average molecular weight is 436 g/mol. The van der Waals surface area contributed by atoms with Crippen LogP contribution in [0.25, 0.3) is 0 Å². The Kier molecular flexibility index (Phi) is 8.64. The summed E-state index contributed by atoms with van der Waals surface area (Å²) in [7, 11) is 0. The van der Waals surface area contributed by atoms with Crippen LogP contribution in [0.2, 0.25) is 0 Å². The Morgan fingerprint density at radius 2 is 1.22 bits per heavy atom. The van der Waals surface area contributed by atoms with E-state index in [0.717, 1.165) is 24.2 Å². The molecule has 0 spiro atoms. The largest absolute Gasteiger partial charge is 0.382 e. The van der Waals surface area contributed by atoms with Gasteiger partial charge in [0, 0.05) is 34.2 Å². The van der Waals surface area contributed by atoms with Crippen molar-refractivity contribution < 1.29 is 0 Å². The van der Waals surface area contributed by atoms with Gasteiger partial charge >= 0.3 is 0 Å². The van der Waals surface area contributed by atoms with Gasteiger partial charge in [0.15, 0.2) is 0 Å². The van der Waals surface area contributed by atoms with E-state index in [1.165, 1.54) is 56.2 Å². The summed E-state index contributed by atoms with van der Waals surface area (Å²) < 4.78 is 0. The maximum absolute atomic E-state index is 3.76. The number of piperidine rings is 1. The molecule has 0 aromatic heterocycles. The average Bonchev–Trinajstić information content (AvgIpc) is 2.71. The summed E-state index contributed by atoms with van der Waals surface area (Å²) in [6, 6.07) is 18.2. The van der Waals surface area contributed by atoms with Gasteiger partial charge in [-0.3, -0.25) is 0 Å². The molecule has 2 aromatic rings. The van der Waals surface area contributed by atoms with E-state index in [0.29, 0.717) is 6.04 Å². The van der Waals surface area contributed by atoms with E-state index in [1.807, 2.05) is 0 Å². The summed E-state index contributed by atoms with van der Waals surface area (Å²) in [5.74, 6) is 0. The molecular weight excluding hydrogens is 390 g/mol. The summed E-state index contributed by atoms with van der Waals surface area (Å²) in [5.41, 5.74) is 5.23. The first-order chi connectivity index (χ1) is 15.2. The van der Waals surface area contributed by atoms with Gasteiger partial charge in [0.25, 0.3) is 0 Å². The first kappa shape index (κ1) is 24.6. The summed E-state index contributed by atoms with van der Waals surface area (Å²) in [5, 5.41) is 11.1. The molecule has 3 nitrogen and oxygen atoms in total. The molecule has 32 heavy (non-hydrogen) atoms. The van der Waals surface area contributed by atoms with Crippen LogP contribution in [0.15, 0.2) is 48.5 Å². The van der Waals surface area contributed by atoms with Gasteiger partial charge in [0.2, 0.25) is 0 Å². The zero-order valence-corrected chi connectivity index (χ0v) is 21.1. The minimum atomic E-state index is 0.155. The lowest BCUT2D eigenvalue weighted by atomic mass is 9.79. The van der Waals surface area contributed by atoms with Crippen LogP contribution in [-0.4, -0.2) is 17.1 Å². The molecule has 1 aliphatic rings. The van der Waals surface area contributed by atoms with Crippen molar-refractivity contribution in [3.63, 3.8) is 0 Å². The van der Waals surface area contributed by atoms with Crippen molar-refractivity contribution in [3.05, 3.63) is 54.1 Å². The van der Waals surface area contributed by atoms with E-state index in [9.17, 15) is 0 Å². The van der Waals surface area contributed by atoms with Crippen molar-refractivity contribution in [1.29, 1.82) is 0 Å². The number of anilines is 3. The molecule has 176 valence electrons. The van der Waals surface area contributed by atoms with Crippen LogP contribution in [0.5, 0.6) is 0 Å². The van der Waals surface area contributed by atoms with Crippen LogP contribution in [0.1, 0.15) is 91.5 Å².